The molecule has 0 spiro atoms. The van der Waals surface area contributed by atoms with Gasteiger partial charge in [0.1, 0.15) is 0 Å². The van der Waals surface area contributed by atoms with Gasteiger partial charge in [-0.15, -0.1) is 11.3 Å². The SMILES string of the molecule is O=C(c1cc2cccc(Cl)c2s1)N1C2CC3CCN(C2)CC31. The molecule has 3 nitrogen and oxygen atoms in total. The molecule has 22 heavy (non-hydrogen) atoms. The Morgan fingerprint density at radius 3 is 3.09 bits per heavy atom. The molecule has 0 aliphatic carbocycles. The zero-order chi connectivity index (χ0) is 14.8. The van der Waals surface area contributed by atoms with Crippen LogP contribution in [0.1, 0.15) is 22.5 Å². The summed E-state index contributed by atoms with van der Waals surface area (Å²) in [6.45, 7) is 3.35. The smallest absolute Gasteiger partial charge is 0.264 e. The first-order valence-corrected chi connectivity index (χ1v) is 9.13. The fourth-order valence-electron chi connectivity index (χ4n) is 4.57. The van der Waals surface area contributed by atoms with Crippen molar-refractivity contribution >= 4 is 38.9 Å². The summed E-state index contributed by atoms with van der Waals surface area (Å²) in [5.41, 5.74) is 0. The van der Waals surface area contributed by atoms with Crippen LogP contribution in [0, 0.1) is 5.92 Å². The van der Waals surface area contributed by atoms with Gasteiger partial charge in [-0.1, -0.05) is 23.7 Å². The number of benzene rings is 1. The van der Waals surface area contributed by atoms with Crippen molar-refractivity contribution in [3.8, 4) is 0 Å². The summed E-state index contributed by atoms with van der Waals surface area (Å²) in [5, 5.41) is 1.82. The van der Waals surface area contributed by atoms with E-state index in [4.69, 9.17) is 11.6 Å². The lowest BCUT2D eigenvalue weighted by atomic mass is 9.93. The van der Waals surface area contributed by atoms with E-state index in [0.29, 0.717) is 18.0 Å². The predicted molar refractivity (Wildman–Crippen MR) is 89.7 cm³/mol. The zero-order valence-electron chi connectivity index (χ0n) is 12.2. The average molecular weight is 333 g/mol. The number of fused-ring (bicyclic) bond motifs is 3. The van der Waals surface area contributed by atoms with Crippen molar-refractivity contribution in [3.63, 3.8) is 0 Å². The molecule has 3 bridgehead atoms. The second-order valence-corrected chi connectivity index (χ2v) is 8.21. The molecule has 114 valence electrons. The van der Waals surface area contributed by atoms with E-state index in [-0.39, 0.29) is 5.91 Å². The van der Waals surface area contributed by atoms with Gasteiger partial charge in [-0.05, 0) is 42.8 Å². The summed E-state index contributed by atoms with van der Waals surface area (Å²) in [6.07, 6.45) is 2.45. The van der Waals surface area contributed by atoms with Crippen molar-refractivity contribution in [2.75, 3.05) is 19.6 Å². The Bertz CT molecular complexity index is 769. The first-order valence-electron chi connectivity index (χ1n) is 7.94. The van der Waals surface area contributed by atoms with Gasteiger partial charge in [0, 0.05) is 25.2 Å². The molecule has 3 saturated heterocycles. The Kier molecular flexibility index (Phi) is 2.85. The second kappa shape index (κ2) is 4.70. The lowest BCUT2D eigenvalue weighted by molar-refractivity contribution is 0.0265. The van der Waals surface area contributed by atoms with E-state index in [1.807, 2.05) is 24.3 Å². The topological polar surface area (TPSA) is 23.6 Å². The molecule has 3 fully saturated rings. The molecule has 3 aliphatic heterocycles. The summed E-state index contributed by atoms with van der Waals surface area (Å²) in [5.74, 6) is 0.932. The van der Waals surface area contributed by atoms with Crippen molar-refractivity contribution in [1.82, 2.24) is 9.80 Å². The number of halogens is 1. The van der Waals surface area contributed by atoms with Crippen LogP contribution in [0.25, 0.3) is 10.1 Å². The van der Waals surface area contributed by atoms with Crippen LogP contribution in [0.2, 0.25) is 5.02 Å². The van der Waals surface area contributed by atoms with E-state index in [1.54, 1.807) is 11.3 Å². The molecule has 5 heteroatoms. The van der Waals surface area contributed by atoms with Gasteiger partial charge in [0.2, 0.25) is 0 Å². The minimum Gasteiger partial charge on any atom is -0.329 e. The Morgan fingerprint density at radius 2 is 2.23 bits per heavy atom. The monoisotopic (exact) mass is 332 g/mol. The van der Waals surface area contributed by atoms with Gasteiger partial charge in [0.15, 0.2) is 0 Å². The zero-order valence-corrected chi connectivity index (χ0v) is 13.7. The van der Waals surface area contributed by atoms with Crippen molar-refractivity contribution in [2.45, 2.75) is 24.9 Å². The van der Waals surface area contributed by atoms with Crippen LogP contribution in [0.5, 0.6) is 0 Å². The highest BCUT2D eigenvalue weighted by atomic mass is 35.5. The molecule has 4 atom stereocenters. The molecule has 0 saturated carbocycles. The largest absolute Gasteiger partial charge is 0.329 e. The fourth-order valence-corrected chi connectivity index (χ4v) is 5.88. The fraction of sp³-hybridized carbons (Fsp3) is 0.471. The highest BCUT2D eigenvalue weighted by molar-refractivity contribution is 7.21. The van der Waals surface area contributed by atoms with E-state index in [2.05, 4.69) is 9.80 Å². The first kappa shape index (κ1) is 13.3. The molecule has 1 aromatic carbocycles. The maximum absolute atomic E-state index is 13.1. The van der Waals surface area contributed by atoms with Crippen LogP contribution in [-0.4, -0.2) is 47.4 Å². The Hall–Kier alpha value is -1.10. The Labute approximate surface area is 138 Å². The first-order chi connectivity index (χ1) is 10.7. The number of carbonyl (C=O) groups is 1. The molecule has 2 aromatic rings. The van der Waals surface area contributed by atoms with Crippen molar-refractivity contribution in [3.05, 3.63) is 34.2 Å². The predicted octanol–water partition coefficient (Wildman–Crippen LogP) is 3.47. The molecule has 0 N–H and O–H groups in total. The van der Waals surface area contributed by atoms with Crippen LogP contribution < -0.4 is 0 Å². The lowest BCUT2D eigenvalue weighted by Gasteiger charge is -2.44. The van der Waals surface area contributed by atoms with Gasteiger partial charge in [-0.25, -0.2) is 0 Å². The Balaban J connectivity index is 1.52. The highest BCUT2D eigenvalue weighted by Gasteiger charge is 2.50. The summed E-state index contributed by atoms with van der Waals surface area (Å²) in [6, 6.07) is 8.74. The van der Waals surface area contributed by atoms with E-state index in [0.717, 1.165) is 33.1 Å². The molecule has 0 radical (unpaired) electrons. The highest BCUT2D eigenvalue weighted by Crippen LogP contribution is 2.42. The Morgan fingerprint density at radius 1 is 1.32 bits per heavy atom. The molecule has 4 unspecified atom stereocenters. The van der Waals surface area contributed by atoms with E-state index in [9.17, 15) is 4.79 Å². The molecule has 1 aromatic heterocycles. The van der Waals surface area contributed by atoms with E-state index in [1.165, 1.54) is 19.4 Å². The van der Waals surface area contributed by atoms with Crippen LogP contribution in [-0.2, 0) is 0 Å². The summed E-state index contributed by atoms with van der Waals surface area (Å²) >= 11 is 7.80. The van der Waals surface area contributed by atoms with Gasteiger partial charge >= 0.3 is 0 Å². The maximum Gasteiger partial charge on any atom is 0.264 e. The third-order valence-electron chi connectivity index (χ3n) is 5.54. The number of nitrogens with zero attached hydrogens (tertiary/aromatic N) is 2. The number of hydrogen-bond donors (Lipinski definition) is 0. The van der Waals surface area contributed by atoms with Crippen molar-refractivity contribution < 1.29 is 4.79 Å². The lowest BCUT2D eigenvalue weighted by Crippen LogP contribution is -2.58. The van der Waals surface area contributed by atoms with Crippen molar-refractivity contribution in [2.24, 2.45) is 5.92 Å². The third kappa shape index (κ3) is 1.81. The van der Waals surface area contributed by atoms with Gasteiger partial charge in [-0.2, -0.15) is 0 Å². The third-order valence-corrected chi connectivity index (χ3v) is 7.14. The molecule has 5 rings (SSSR count). The number of piperidine rings is 1. The summed E-state index contributed by atoms with van der Waals surface area (Å²) in [4.78, 5) is 18.7. The quantitative estimate of drug-likeness (QED) is 0.798. The normalized spacial score (nSPS) is 32.9. The summed E-state index contributed by atoms with van der Waals surface area (Å²) < 4.78 is 1.03. The van der Waals surface area contributed by atoms with Gasteiger partial charge in [0.05, 0.1) is 14.6 Å². The summed E-state index contributed by atoms with van der Waals surface area (Å²) in [7, 11) is 0. The van der Waals surface area contributed by atoms with Gasteiger partial charge in [0.25, 0.3) is 5.91 Å². The number of rotatable bonds is 1. The van der Waals surface area contributed by atoms with E-state index >= 15 is 0 Å². The van der Waals surface area contributed by atoms with Gasteiger partial charge < -0.3 is 4.90 Å². The van der Waals surface area contributed by atoms with E-state index < -0.39 is 0 Å². The standard InChI is InChI=1S/C17H17ClN2OS/c18-13-3-1-2-11-7-15(22-16(11)13)17(21)20-12-6-10-4-5-19(8-12)9-14(10)20/h1-3,7,10,12,14H,4-6,8-9H2. The number of piperazine rings is 1. The van der Waals surface area contributed by atoms with Crippen LogP contribution in [0.3, 0.4) is 0 Å². The minimum absolute atomic E-state index is 0.219. The molecule has 1 amide bonds. The minimum atomic E-state index is 0.219. The maximum atomic E-state index is 13.1. The van der Waals surface area contributed by atoms with Crippen LogP contribution in [0.4, 0.5) is 0 Å². The van der Waals surface area contributed by atoms with Crippen molar-refractivity contribution in [1.29, 1.82) is 0 Å². The molecule has 4 heterocycles. The number of carbonyl (C=O) groups excluding carboxylic acids is 1. The van der Waals surface area contributed by atoms with Gasteiger partial charge in [-0.3, -0.25) is 9.69 Å². The number of amides is 1. The number of hydrogen-bond acceptors (Lipinski definition) is 3. The molecular formula is C17H17ClN2OS. The van der Waals surface area contributed by atoms with Crippen LogP contribution in [0.15, 0.2) is 24.3 Å². The average Bonchev–Trinajstić information content (AvgIpc) is 2.98. The second-order valence-electron chi connectivity index (χ2n) is 6.75. The number of thiophene rings is 1. The van der Waals surface area contributed by atoms with Crippen LogP contribution >= 0.6 is 22.9 Å². The molecular weight excluding hydrogens is 316 g/mol. The molecule has 3 aliphatic rings.